The third-order valence-electron chi connectivity index (χ3n) is 12.7. The lowest BCUT2D eigenvalue weighted by molar-refractivity contribution is -0.288. The molecule has 0 saturated heterocycles. The second kappa shape index (κ2) is 24.3. The Balaban J connectivity index is 0.000000302. The highest BCUT2D eigenvalue weighted by Crippen LogP contribution is 2.57. The summed E-state index contributed by atoms with van der Waals surface area (Å²) in [6, 6.07) is 16.2. The van der Waals surface area contributed by atoms with Crippen molar-refractivity contribution in [3.63, 3.8) is 0 Å². The van der Waals surface area contributed by atoms with E-state index in [2.05, 4.69) is 21.3 Å². The van der Waals surface area contributed by atoms with Gasteiger partial charge in [-0.05, 0) is 128 Å². The van der Waals surface area contributed by atoms with Crippen molar-refractivity contribution in [3.8, 4) is 0 Å². The molecule has 0 aliphatic rings. The monoisotopic (exact) mass is 1140 g/mol. The zero-order valence-electron chi connectivity index (χ0n) is 43.5. The highest BCUT2D eigenvalue weighted by Gasteiger charge is 2.72. The number of carbonyl (C=O) groups is 10. The maximum absolute atomic E-state index is 14.7. The van der Waals surface area contributed by atoms with Crippen molar-refractivity contribution in [1.29, 1.82) is 0 Å². The molecule has 0 fully saturated rings. The zero-order chi connectivity index (χ0) is 61.7. The third kappa shape index (κ3) is 12.9. The number of nitrogens with one attached hydrogen (secondary N) is 4. The van der Waals surface area contributed by atoms with Crippen molar-refractivity contribution in [1.82, 2.24) is 0 Å². The Morgan fingerprint density at radius 2 is 0.695 bits per heavy atom. The molecule has 6 aromatic carbocycles. The summed E-state index contributed by atoms with van der Waals surface area (Å²) < 4.78 is 88.4. The summed E-state index contributed by atoms with van der Waals surface area (Å²) in [4.78, 5) is 120. The van der Waals surface area contributed by atoms with Crippen LogP contribution in [0, 0.1) is 13.8 Å². The Labute approximate surface area is 459 Å². The molecule has 0 aromatic heterocycles. The number of aryl methyl sites for hydroxylation is 2. The van der Waals surface area contributed by atoms with E-state index in [1.165, 1.54) is 45.2 Å². The maximum atomic E-state index is 14.7. The molecule has 0 aliphatic carbocycles. The van der Waals surface area contributed by atoms with Crippen LogP contribution in [0.25, 0.3) is 0 Å². The predicted molar refractivity (Wildman–Crippen MR) is 281 cm³/mol. The summed E-state index contributed by atoms with van der Waals surface area (Å²) >= 11 is 0. The normalized spacial score (nSPS) is 11.3. The molecule has 82 heavy (non-hydrogen) atoms. The number of hydrogen-bond donors (Lipinski definition) is 10. The van der Waals surface area contributed by atoms with Gasteiger partial charge in [0.15, 0.2) is 11.6 Å². The predicted octanol–water partition coefficient (Wildman–Crippen LogP) is 10.2. The lowest BCUT2D eigenvalue weighted by Gasteiger charge is -2.39. The number of carbonyl (C=O) groups excluding carboxylic acids is 4. The fraction of sp³-hybridized carbons (Fsp3) is 0.179. The number of benzene rings is 6. The van der Waals surface area contributed by atoms with Gasteiger partial charge >= 0.3 is 48.2 Å². The molecule has 0 spiro atoms. The van der Waals surface area contributed by atoms with Gasteiger partial charge in [-0.1, -0.05) is 36.4 Å². The smallest absolute Gasteiger partial charge is 0.411 e. The molecule has 26 heteroatoms. The number of halogens is 6. The average molecular weight is 1140 g/mol. The lowest BCUT2D eigenvalue weighted by atomic mass is 9.72. The number of anilines is 4. The van der Waals surface area contributed by atoms with E-state index in [1.807, 2.05) is 0 Å². The molecule has 0 saturated carbocycles. The molecule has 0 atom stereocenters. The van der Waals surface area contributed by atoms with Gasteiger partial charge in [-0.25, -0.2) is 28.8 Å². The summed E-state index contributed by atoms with van der Waals surface area (Å²) in [6.07, 6.45) is -11.7. The zero-order valence-corrected chi connectivity index (χ0v) is 43.5. The first-order valence-corrected chi connectivity index (χ1v) is 23.5. The van der Waals surface area contributed by atoms with E-state index in [9.17, 15) is 105 Å². The molecule has 0 aliphatic heterocycles. The summed E-state index contributed by atoms with van der Waals surface area (Å²) in [7, 11) is 2.91. The van der Waals surface area contributed by atoms with Crippen LogP contribution >= 0.6 is 0 Å². The molecule has 0 heterocycles. The highest BCUT2D eigenvalue weighted by atomic mass is 19.4. The van der Waals surface area contributed by atoms with Gasteiger partial charge < -0.3 is 51.9 Å². The van der Waals surface area contributed by atoms with E-state index in [0.29, 0.717) is 58.8 Å². The van der Waals surface area contributed by atoms with Gasteiger partial charge in [-0.2, -0.15) is 26.3 Å². The van der Waals surface area contributed by atoms with Crippen molar-refractivity contribution in [3.05, 3.63) is 186 Å². The van der Waals surface area contributed by atoms with Crippen LogP contribution in [0.1, 0.15) is 151 Å². The first kappa shape index (κ1) is 62.4. The lowest BCUT2D eigenvalue weighted by Crippen LogP contribution is -2.54. The van der Waals surface area contributed by atoms with E-state index in [1.54, 1.807) is 19.2 Å². The SMILES string of the molecule is CNc1cc(C(c2ccc(C)c(NC(=O)c3cc(C(C)=O)c(C(=O)O)cc3C(=O)O)c2)(C(F)(F)F)C(F)(F)F)ccc1C.CNc1ccc(Cc2ccc(NC(=O)c3cc(C(C)=O)c(C(=O)O)cc3C(=O)O)c(C(=O)O)c2)cc1C(=O)O. The number of alkyl halides is 6. The maximum Gasteiger partial charge on any atom is 0.411 e. The van der Waals surface area contributed by atoms with E-state index in [4.69, 9.17) is 0 Å². The van der Waals surface area contributed by atoms with Gasteiger partial charge in [0, 0.05) is 42.3 Å². The first-order chi connectivity index (χ1) is 38.1. The fourth-order valence-corrected chi connectivity index (χ4v) is 8.66. The number of aromatic carboxylic acids is 6. The van der Waals surface area contributed by atoms with Crippen LogP contribution in [0.4, 0.5) is 49.1 Å². The van der Waals surface area contributed by atoms with Crippen molar-refractivity contribution < 1.29 is 105 Å². The van der Waals surface area contributed by atoms with Crippen LogP contribution in [0.15, 0.2) is 97.1 Å². The van der Waals surface area contributed by atoms with Crippen molar-refractivity contribution in [2.75, 3.05) is 35.4 Å². The molecule has 20 nitrogen and oxygen atoms in total. The minimum atomic E-state index is -5.93. The van der Waals surface area contributed by atoms with Gasteiger partial charge in [0.25, 0.3) is 11.8 Å². The highest BCUT2D eigenvalue weighted by molar-refractivity contribution is 6.17. The second-order valence-corrected chi connectivity index (χ2v) is 18.0. The number of amides is 2. The number of carboxylic acid groups (broad SMARTS) is 6. The molecule has 428 valence electrons. The van der Waals surface area contributed by atoms with Crippen LogP contribution in [0.3, 0.4) is 0 Å². The van der Waals surface area contributed by atoms with Crippen LogP contribution < -0.4 is 21.3 Å². The quantitative estimate of drug-likeness (QED) is 0.0282. The van der Waals surface area contributed by atoms with E-state index in [-0.39, 0.29) is 34.5 Å². The Kier molecular flexibility index (Phi) is 18.5. The molecule has 10 N–H and O–H groups in total. The molecule has 0 radical (unpaired) electrons. The third-order valence-corrected chi connectivity index (χ3v) is 12.7. The Morgan fingerprint density at radius 3 is 1.05 bits per heavy atom. The number of carboxylic acids is 6. The average Bonchev–Trinajstić information content (AvgIpc) is 3.38. The first-order valence-electron chi connectivity index (χ1n) is 23.5. The number of hydrogen-bond acceptors (Lipinski definition) is 12. The summed E-state index contributed by atoms with van der Waals surface area (Å²) in [6.45, 7) is 4.77. The van der Waals surface area contributed by atoms with E-state index >= 15 is 0 Å². The van der Waals surface area contributed by atoms with Crippen LogP contribution in [-0.2, 0) is 11.8 Å². The Hall–Kier alpha value is -10.4. The molecule has 6 rings (SSSR count). The molecular formula is C56H46F6N4O16. The van der Waals surface area contributed by atoms with Gasteiger partial charge in [-0.15, -0.1) is 0 Å². The largest absolute Gasteiger partial charge is 0.478 e. The molecule has 6 aromatic rings. The topological polar surface area (TPSA) is 340 Å². The molecule has 0 bridgehead atoms. The molecule has 2 amide bonds. The Bertz CT molecular complexity index is 3670. The number of rotatable bonds is 18. The van der Waals surface area contributed by atoms with Gasteiger partial charge in [0.1, 0.15) is 0 Å². The summed E-state index contributed by atoms with van der Waals surface area (Å²) in [5.74, 6) is -13.2. The van der Waals surface area contributed by atoms with E-state index in [0.717, 1.165) is 38.1 Å². The van der Waals surface area contributed by atoms with Crippen LogP contribution in [0.5, 0.6) is 0 Å². The summed E-state index contributed by atoms with van der Waals surface area (Å²) in [5, 5.41) is 66.8. The number of ketones is 2. The van der Waals surface area contributed by atoms with Crippen LogP contribution in [-0.4, -0.2) is 116 Å². The van der Waals surface area contributed by atoms with Gasteiger partial charge in [0.05, 0.1) is 50.2 Å². The van der Waals surface area contributed by atoms with Crippen molar-refractivity contribution in [2.24, 2.45) is 0 Å². The second-order valence-electron chi connectivity index (χ2n) is 18.0. The summed E-state index contributed by atoms with van der Waals surface area (Å²) in [5.41, 5.74) is -11.2. The minimum absolute atomic E-state index is 0.0148. The molecular weight excluding hydrogens is 1100 g/mol. The fourth-order valence-electron chi connectivity index (χ4n) is 8.66. The molecule has 0 unspecified atom stereocenters. The van der Waals surface area contributed by atoms with E-state index < -0.39 is 138 Å². The standard InChI is InChI=1S/C29H24F6N2O6.C27H22N2O10/c1-13-5-7-16(9-22(13)36-4)27(28(30,31)32,29(33,34)35)17-8-6-14(2)23(10-17)37-24(39)19-11-18(15(3)38)20(25(40)41)12-21(19)26(42)43;1-12(30)15-10-16(18(25(34)35)11-17(15)24(32)33)23(31)29-22-6-4-14(9-20(22)27(38)39)7-13-3-5-21(28-2)19(8-13)26(36)37/h5-12,36H,1-4H3,(H,37,39)(H,40,41)(H,42,43);3-6,8-11,28H,7H2,1-2H3,(H,29,31)(H,32,33)(H,34,35)(H,36,37)(H,38,39). The Morgan fingerprint density at radius 1 is 0.378 bits per heavy atom. The number of Topliss-reactive ketones (excluding diaryl/α,β-unsaturated/α-hetero) is 2. The van der Waals surface area contributed by atoms with Crippen molar-refractivity contribution in [2.45, 2.75) is 51.9 Å². The van der Waals surface area contributed by atoms with Gasteiger partial charge in [0.2, 0.25) is 5.41 Å². The minimum Gasteiger partial charge on any atom is -0.478 e. The van der Waals surface area contributed by atoms with Gasteiger partial charge in [-0.3, -0.25) is 19.2 Å². The van der Waals surface area contributed by atoms with Crippen molar-refractivity contribution >= 4 is 81.9 Å². The van der Waals surface area contributed by atoms with Crippen LogP contribution in [0.2, 0.25) is 0 Å².